The number of hydrogen-bond donors (Lipinski definition) is 3. The van der Waals surface area contributed by atoms with Crippen LogP contribution in [0.4, 0.5) is 5.69 Å². The summed E-state index contributed by atoms with van der Waals surface area (Å²) >= 11 is 0. The molecule has 3 aromatic rings. The number of Topliss-reactive ketones (excluding diaryl/α,β-unsaturated/α-hetero) is 1. The molecule has 37 heavy (non-hydrogen) atoms. The van der Waals surface area contributed by atoms with E-state index in [0.717, 1.165) is 5.56 Å². The van der Waals surface area contributed by atoms with Crippen molar-refractivity contribution in [2.24, 2.45) is 22.4 Å². The van der Waals surface area contributed by atoms with E-state index >= 15 is 0 Å². The summed E-state index contributed by atoms with van der Waals surface area (Å²) in [6, 6.07) is 18.7. The molecule has 1 aliphatic rings. The Morgan fingerprint density at radius 1 is 1.03 bits per heavy atom. The Labute approximate surface area is 213 Å². The Hall–Kier alpha value is -4.66. The Bertz CT molecular complexity index is 1350. The summed E-state index contributed by atoms with van der Waals surface area (Å²) in [5.74, 6) is -2.87. The first kappa shape index (κ1) is 25.4. The lowest BCUT2D eigenvalue weighted by molar-refractivity contribution is -0.141. The number of aryl methyl sites for hydroxylation is 1. The minimum atomic E-state index is -1.06. The molecule has 9 nitrogen and oxygen atoms in total. The first-order chi connectivity index (χ1) is 17.8. The molecule has 0 fully saturated rings. The number of esters is 1. The third-order valence-electron chi connectivity index (χ3n) is 5.99. The first-order valence-electron chi connectivity index (χ1n) is 11.8. The number of fused-ring (bicyclic) bond motifs is 2. The lowest BCUT2D eigenvalue weighted by Crippen LogP contribution is -2.22. The van der Waals surface area contributed by atoms with Gasteiger partial charge in [-0.1, -0.05) is 36.4 Å². The highest BCUT2D eigenvalue weighted by Gasteiger charge is 2.27. The third kappa shape index (κ3) is 6.32. The minimum absolute atomic E-state index is 0.0898. The number of hydrogen-bond acceptors (Lipinski definition) is 6. The number of benzene rings is 3. The quantitative estimate of drug-likeness (QED) is 0.146. The van der Waals surface area contributed by atoms with Gasteiger partial charge in [-0.25, -0.2) is 9.79 Å². The number of rotatable bonds is 7. The van der Waals surface area contributed by atoms with Gasteiger partial charge < -0.3 is 26.0 Å². The molecule has 9 heteroatoms. The predicted molar refractivity (Wildman–Crippen MR) is 137 cm³/mol. The molecule has 190 valence electrons. The number of carbonyl (C=O) groups is 3. The van der Waals surface area contributed by atoms with Crippen LogP contribution < -0.4 is 20.9 Å². The van der Waals surface area contributed by atoms with E-state index in [2.05, 4.69) is 4.99 Å². The van der Waals surface area contributed by atoms with Gasteiger partial charge in [-0.15, -0.1) is 0 Å². The van der Waals surface area contributed by atoms with Crippen LogP contribution >= 0.6 is 0 Å². The molecule has 0 unspecified atom stereocenters. The van der Waals surface area contributed by atoms with E-state index in [9.17, 15) is 19.5 Å². The second kappa shape index (κ2) is 11.4. The fraction of sp³-hybridized carbons (Fsp3) is 0.214. The van der Waals surface area contributed by atoms with E-state index in [1.54, 1.807) is 30.3 Å². The highest BCUT2D eigenvalue weighted by Crippen LogP contribution is 2.35. The highest BCUT2D eigenvalue weighted by molar-refractivity contribution is 6.01. The maximum atomic E-state index is 13.3. The van der Waals surface area contributed by atoms with Crippen molar-refractivity contribution in [3.63, 3.8) is 0 Å². The number of guanidine groups is 1. The first-order valence-corrected chi connectivity index (χ1v) is 11.8. The van der Waals surface area contributed by atoms with Gasteiger partial charge in [-0.2, -0.15) is 0 Å². The SMILES string of the molecule is NC(N)=Nc1ccc2c(c1)CCCOc1c(cccc1C(=O)C[C@@H](Cc1ccccc1)C(=O)O)OC2=O. The van der Waals surface area contributed by atoms with Crippen LogP contribution in [0.1, 0.15) is 44.7 Å². The molecule has 3 aromatic carbocycles. The molecule has 0 bridgehead atoms. The summed E-state index contributed by atoms with van der Waals surface area (Å²) in [7, 11) is 0. The van der Waals surface area contributed by atoms with Gasteiger partial charge in [-0.3, -0.25) is 9.59 Å². The second-order valence-corrected chi connectivity index (χ2v) is 8.70. The van der Waals surface area contributed by atoms with Crippen LogP contribution in [0.3, 0.4) is 0 Å². The Morgan fingerprint density at radius 3 is 2.54 bits per heavy atom. The predicted octanol–water partition coefficient (Wildman–Crippen LogP) is 3.65. The molecule has 0 saturated heterocycles. The van der Waals surface area contributed by atoms with Gasteiger partial charge in [0.05, 0.1) is 29.3 Å². The zero-order valence-electron chi connectivity index (χ0n) is 20.1. The van der Waals surface area contributed by atoms with Crippen LogP contribution in [0, 0.1) is 5.92 Å². The van der Waals surface area contributed by atoms with Crippen LogP contribution in [0.5, 0.6) is 11.5 Å². The van der Waals surface area contributed by atoms with Gasteiger partial charge in [0.1, 0.15) is 0 Å². The van der Waals surface area contributed by atoms with Crippen molar-refractivity contribution in [3.8, 4) is 11.5 Å². The molecule has 0 amide bonds. The zero-order chi connectivity index (χ0) is 26.4. The number of carboxylic acids is 1. The normalized spacial score (nSPS) is 13.7. The molecular weight excluding hydrogens is 474 g/mol. The molecular formula is C28H27N3O6. The van der Waals surface area contributed by atoms with Crippen molar-refractivity contribution in [2.75, 3.05) is 6.61 Å². The number of aliphatic imine (C=N–C) groups is 1. The number of nitrogens with two attached hydrogens (primary N) is 2. The monoisotopic (exact) mass is 501 g/mol. The number of ketones is 1. The van der Waals surface area contributed by atoms with E-state index in [1.165, 1.54) is 6.07 Å². The maximum Gasteiger partial charge on any atom is 0.343 e. The lowest BCUT2D eigenvalue weighted by Gasteiger charge is -2.19. The van der Waals surface area contributed by atoms with E-state index in [0.29, 0.717) is 29.7 Å². The molecule has 0 saturated carbocycles. The summed E-state index contributed by atoms with van der Waals surface area (Å²) in [6.45, 7) is 0.243. The van der Waals surface area contributed by atoms with Crippen LogP contribution in [0.2, 0.25) is 0 Å². The summed E-state index contributed by atoms with van der Waals surface area (Å²) in [6.07, 6.45) is 1.01. The van der Waals surface area contributed by atoms with Crippen LogP contribution in [-0.4, -0.2) is 35.4 Å². The standard InChI is InChI=1S/C28H27N3O6/c29-28(30)31-20-11-12-21-18(15-20)8-5-13-36-25-22(9-4-10-24(25)37-27(21)35)23(32)16-19(26(33)34)14-17-6-2-1-3-7-17/h1-4,6-7,9-12,15,19H,5,8,13-14,16H2,(H,33,34)(H4,29,30,31)/t19-/m1/s1. The van der Waals surface area contributed by atoms with Gasteiger partial charge in [0.2, 0.25) is 0 Å². The lowest BCUT2D eigenvalue weighted by atomic mass is 9.92. The van der Waals surface area contributed by atoms with Crippen molar-refractivity contribution >= 4 is 29.4 Å². The fourth-order valence-electron chi connectivity index (χ4n) is 4.24. The fourth-order valence-corrected chi connectivity index (χ4v) is 4.24. The van der Waals surface area contributed by atoms with E-state index < -0.39 is 23.6 Å². The number of nitrogens with zero attached hydrogens (tertiary/aromatic N) is 1. The molecule has 1 aliphatic heterocycles. The Balaban J connectivity index is 1.60. The molecule has 4 rings (SSSR count). The Kier molecular flexibility index (Phi) is 7.83. The van der Waals surface area contributed by atoms with Crippen molar-refractivity contribution in [2.45, 2.75) is 25.7 Å². The number of aliphatic carboxylic acids is 1. The Morgan fingerprint density at radius 2 is 1.81 bits per heavy atom. The average molecular weight is 502 g/mol. The maximum absolute atomic E-state index is 13.3. The van der Waals surface area contributed by atoms with Crippen molar-refractivity contribution in [3.05, 3.63) is 89.0 Å². The third-order valence-corrected chi connectivity index (χ3v) is 5.99. The van der Waals surface area contributed by atoms with Crippen molar-refractivity contribution < 1.29 is 29.0 Å². The summed E-state index contributed by atoms with van der Waals surface area (Å²) < 4.78 is 11.6. The van der Waals surface area contributed by atoms with Gasteiger partial charge in [-0.05, 0) is 60.7 Å². The van der Waals surface area contributed by atoms with E-state index in [4.69, 9.17) is 20.9 Å². The number of carbonyl (C=O) groups excluding carboxylic acids is 2. The minimum Gasteiger partial charge on any atom is -0.489 e. The smallest absolute Gasteiger partial charge is 0.343 e. The molecule has 1 atom stereocenters. The second-order valence-electron chi connectivity index (χ2n) is 8.70. The van der Waals surface area contributed by atoms with Crippen LogP contribution in [0.15, 0.2) is 71.7 Å². The van der Waals surface area contributed by atoms with E-state index in [1.807, 2.05) is 30.3 Å². The molecule has 1 heterocycles. The van der Waals surface area contributed by atoms with Crippen molar-refractivity contribution in [1.82, 2.24) is 0 Å². The number of carboxylic acid groups (broad SMARTS) is 1. The van der Waals surface area contributed by atoms with Crippen LogP contribution in [0.25, 0.3) is 0 Å². The van der Waals surface area contributed by atoms with Crippen molar-refractivity contribution in [1.29, 1.82) is 0 Å². The van der Waals surface area contributed by atoms with Gasteiger partial charge in [0.25, 0.3) is 0 Å². The number of ether oxygens (including phenoxy) is 2. The van der Waals surface area contributed by atoms with Crippen LogP contribution in [-0.2, 0) is 17.6 Å². The largest absolute Gasteiger partial charge is 0.489 e. The highest BCUT2D eigenvalue weighted by atomic mass is 16.6. The topological polar surface area (TPSA) is 154 Å². The molecule has 0 spiro atoms. The van der Waals surface area contributed by atoms with E-state index in [-0.39, 0.29) is 42.5 Å². The molecule has 0 aromatic heterocycles. The van der Waals surface area contributed by atoms with Gasteiger partial charge >= 0.3 is 11.9 Å². The molecule has 5 N–H and O–H groups in total. The summed E-state index contributed by atoms with van der Waals surface area (Å²) in [5, 5.41) is 9.74. The summed E-state index contributed by atoms with van der Waals surface area (Å²) in [4.78, 5) is 42.2. The molecule has 0 aliphatic carbocycles. The van der Waals surface area contributed by atoms with Gasteiger partial charge in [0.15, 0.2) is 23.2 Å². The number of para-hydroxylation sites is 1. The van der Waals surface area contributed by atoms with Gasteiger partial charge in [0, 0.05) is 6.42 Å². The zero-order valence-corrected chi connectivity index (χ0v) is 20.1. The average Bonchev–Trinajstić information content (AvgIpc) is 2.86. The summed E-state index contributed by atoms with van der Waals surface area (Å²) in [5.41, 5.74) is 13.5. The molecule has 0 radical (unpaired) electrons.